The molecule has 96 valence electrons. The highest BCUT2D eigenvalue weighted by Gasteiger charge is 2.11. The molecule has 0 unspecified atom stereocenters. The van der Waals surface area contributed by atoms with E-state index in [2.05, 4.69) is 39.6 Å². The second-order valence-corrected chi connectivity index (χ2v) is 5.57. The SMILES string of the molecule is CC(C)CC(=O)N(C)CCN(C)CC(C)C. The molecule has 0 saturated heterocycles. The van der Waals surface area contributed by atoms with Gasteiger partial charge < -0.3 is 9.80 Å². The van der Waals surface area contributed by atoms with Gasteiger partial charge in [-0.05, 0) is 18.9 Å². The van der Waals surface area contributed by atoms with Crippen molar-refractivity contribution in [3.8, 4) is 0 Å². The molecular weight excluding hydrogens is 200 g/mol. The van der Waals surface area contributed by atoms with E-state index < -0.39 is 0 Å². The molecule has 0 radical (unpaired) electrons. The third-order valence-electron chi connectivity index (χ3n) is 2.50. The van der Waals surface area contributed by atoms with E-state index in [0.29, 0.717) is 18.3 Å². The van der Waals surface area contributed by atoms with Gasteiger partial charge in [0.25, 0.3) is 0 Å². The van der Waals surface area contributed by atoms with Gasteiger partial charge in [-0.15, -0.1) is 0 Å². The fourth-order valence-electron chi connectivity index (χ4n) is 1.67. The van der Waals surface area contributed by atoms with E-state index >= 15 is 0 Å². The van der Waals surface area contributed by atoms with E-state index in [4.69, 9.17) is 0 Å². The molecule has 0 aromatic carbocycles. The molecule has 16 heavy (non-hydrogen) atoms. The topological polar surface area (TPSA) is 23.6 Å². The maximum absolute atomic E-state index is 11.7. The zero-order valence-electron chi connectivity index (χ0n) is 11.8. The van der Waals surface area contributed by atoms with Crippen molar-refractivity contribution in [3.05, 3.63) is 0 Å². The Morgan fingerprint density at radius 3 is 2.00 bits per heavy atom. The van der Waals surface area contributed by atoms with Crippen LogP contribution in [0.4, 0.5) is 0 Å². The Labute approximate surface area is 101 Å². The monoisotopic (exact) mass is 228 g/mol. The number of hydrogen-bond donors (Lipinski definition) is 0. The fraction of sp³-hybridized carbons (Fsp3) is 0.923. The van der Waals surface area contributed by atoms with Gasteiger partial charge in [0.2, 0.25) is 5.91 Å². The molecule has 3 heteroatoms. The van der Waals surface area contributed by atoms with Crippen molar-refractivity contribution in [2.24, 2.45) is 11.8 Å². The lowest BCUT2D eigenvalue weighted by molar-refractivity contribution is -0.130. The molecule has 0 aliphatic rings. The van der Waals surface area contributed by atoms with Gasteiger partial charge in [0.1, 0.15) is 0 Å². The average molecular weight is 228 g/mol. The van der Waals surface area contributed by atoms with Crippen molar-refractivity contribution in [3.63, 3.8) is 0 Å². The molecule has 0 aliphatic heterocycles. The van der Waals surface area contributed by atoms with Gasteiger partial charge in [0.05, 0.1) is 0 Å². The van der Waals surface area contributed by atoms with Gasteiger partial charge in [0, 0.05) is 33.1 Å². The van der Waals surface area contributed by atoms with Crippen molar-refractivity contribution in [2.45, 2.75) is 34.1 Å². The maximum atomic E-state index is 11.7. The van der Waals surface area contributed by atoms with Crippen LogP contribution >= 0.6 is 0 Å². The summed E-state index contributed by atoms with van der Waals surface area (Å²) >= 11 is 0. The molecule has 0 fully saturated rings. The highest BCUT2D eigenvalue weighted by Crippen LogP contribution is 2.03. The predicted molar refractivity (Wildman–Crippen MR) is 69.4 cm³/mol. The lowest BCUT2D eigenvalue weighted by Gasteiger charge is -2.23. The van der Waals surface area contributed by atoms with E-state index in [1.807, 2.05) is 11.9 Å². The van der Waals surface area contributed by atoms with Crippen LogP contribution in [0, 0.1) is 11.8 Å². The first-order chi connectivity index (χ1) is 7.32. The zero-order valence-corrected chi connectivity index (χ0v) is 11.8. The van der Waals surface area contributed by atoms with E-state index in [0.717, 1.165) is 19.6 Å². The fourth-order valence-corrected chi connectivity index (χ4v) is 1.67. The molecular formula is C13H28N2O. The summed E-state index contributed by atoms with van der Waals surface area (Å²) in [5, 5.41) is 0. The highest BCUT2D eigenvalue weighted by atomic mass is 16.2. The summed E-state index contributed by atoms with van der Waals surface area (Å²) in [5.41, 5.74) is 0. The second kappa shape index (κ2) is 7.66. The minimum Gasteiger partial charge on any atom is -0.344 e. The highest BCUT2D eigenvalue weighted by molar-refractivity contribution is 5.76. The summed E-state index contributed by atoms with van der Waals surface area (Å²) < 4.78 is 0. The molecule has 0 saturated carbocycles. The largest absolute Gasteiger partial charge is 0.344 e. The second-order valence-electron chi connectivity index (χ2n) is 5.57. The number of nitrogens with zero attached hydrogens (tertiary/aromatic N) is 2. The molecule has 1 amide bonds. The zero-order chi connectivity index (χ0) is 12.7. The molecule has 3 nitrogen and oxygen atoms in total. The van der Waals surface area contributed by atoms with Crippen molar-refractivity contribution < 1.29 is 4.79 Å². The van der Waals surface area contributed by atoms with Crippen molar-refractivity contribution in [1.29, 1.82) is 0 Å². The number of carbonyl (C=O) groups excluding carboxylic acids is 1. The van der Waals surface area contributed by atoms with Gasteiger partial charge >= 0.3 is 0 Å². The summed E-state index contributed by atoms with van der Waals surface area (Å²) in [4.78, 5) is 15.8. The molecule has 0 aliphatic carbocycles. The van der Waals surface area contributed by atoms with Gasteiger partial charge in [0.15, 0.2) is 0 Å². The molecule has 0 N–H and O–H groups in total. The maximum Gasteiger partial charge on any atom is 0.222 e. The van der Waals surface area contributed by atoms with E-state index in [9.17, 15) is 4.79 Å². The minimum atomic E-state index is 0.257. The molecule has 0 bridgehead atoms. The van der Waals surface area contributed by atoms with Crippen molar-refractivity contribution in [1.82, 2.24) is 9.80 Å². The number of carbonyl (C=O) groups is 1. The Hall–Kier alpha value is -0.570. The molecule has 0 aromatic heterocycles. The van der Waals surface area contributed by atoms with Crippen LogP contribution < -0.4 is 0 Å². The van der Waals surface area contributed by atoms with E-state index in [1.165, 1.54) is 0 Å². The third-order valence-corrected chi connectivity index (χ3v) is 2.50. The van der Waals surface area contributed by atoms with E-state index in [-0.39, 0.29) is 5.91 Å². The smallest absolute Gasteiger partial charge is 0.222 e. The average Bonchev–Trinajstić information content (AvgIpc) is 2.11. The van der Waals surface area contributed by atoms with Crippen LogP contribution in [0.1, 0.15) is 34.1 Å². The minimum absolute atomic E-state index is 0.257. The van der Waals surface area contributed by atoms with Crippen LogP contribution in [0.25, 0.3) is 0 Å². The van der Waals surface area contributed by atoms with Crippen LogP contribution in [-0.4, -0.2) is 49.4 Å². The van der Waals surface area contributed by atoms with Crippen molar-refractivity contribution in [2.75, 3.05) is 33.7 Å². The lowest BCUT2D eigenvalue weighted by Crippen LogP contribution is -2.36. The van der Waals surface area contributed by atoms with Crippen LogP contribution in [0.5, 0.6) is 0 Å². The number of amides is 1. The molecule has 0 atom stereocenters. The summed E-state index contributed by atoms with van der Waals surface area (Å²) in [6.45, 7) is 11.5. The molecule has 0 aromatic rings. The van der Waals surface area contributed by atoms with Gasteiger partial charge in [-0.25, -0.2) is 0 Å². The Kier molecular flexibility index (Phi) is 7.39. The first-order valence-electron chi connectivity index (χ1n) is 6.25. The Morgan fingerprint density at radius 2 is 1.56 bits per heavy atom. The van der Waals surface area contributed by atoms with Crippen LogP contribution in [0.2, 0.25) is 0 Å². The molecule has 0 heterocycles. The molecule has 0 rings (SSSR count). The number of rotatable bonds is 7. The predicted octanol–water partition coefficient (Wildman–Crippen LogP) is 2.08. The standard InChI is InChI=1S/C13H28N2O/c1-11(2)9-13(16)15(6)8-7-14(5)10-12(3)4/h11-12H,7-10H2,1-6H3. The first kappa shape index (κ1) is 15.4. The van der Waals surface area contributed by atoms with Crippen LogP contribution in [0.3, 0.4) is 0 Å². The van der Waals surface area contributed by atoms with Gasteiger partial charge in [-0.3, -0.25) is 4.79 Å². The van der Waals surface area contributed by atoms with E-state index in [1.54, 1.807) is 0 Å². The molecule has 0 spiro atoms. The summed E-state index contributed by atoms with van der Waals surface area (Å²) in [5.74, 6) is 1.39. The van der Waals surface area contributed by atoms with Gasteiger partial charge in [-0.2, -0.15) is 0 Å². The quantitative estimate of drug-likeness (QED) is 0.666. The van der Waals surface area contributed by atoms with Crippen LogP contribution in [0.15, 0.2) is 0 Å². The lowest BCUT2D eigenvalue weighted by atomic mass is 10.1. The Balaban J connectivity index is 3.79. The summed E-state index contributed by atoms with van der Waals surface area (Å²) in [6, 6.07) is 0. The van der Waals surface area contributed by atoms with Crippen molar-refractivity contribution >= 4 is 5.91 Å². The number of hydrogen-bond acceptors (Lipinski definition) is 2. The summed E-state index contributed by atoms with van der Waals surface area (Å²) in [7, 11) is 4.01. The Morgan fingerprint density at radius 1 is 1.00 bits per heavy atom. The Bertz CT molecular complexity index is 202. The number of likely N-dealkylation sites (N-methyl/N-ethyl adjacent to an activating group) is 2. The first-order valence-corrected chi connectivity index (χ1v) is 6.25. The third kappa shape index (κ3) is 7.69. The summed E-state index contributed by atoms with van der Waals surface area (Å²) in [6.07, 6.45) is 0.657. The van der Waals surface area contributed by atoms with Crippen LogP contribution in [-0.2, 0) is 4.79 Å². The normalized spacial score (nSPS) is 11.6. The van der Waals surface area contributed by atoms with Gasteiger partial charge in [-0.1, -0.05) is 27.7 Å².